The summed E-state index contributed by atoms with van der Waals surface area (Å²) in [5.74, 6) is 0.0315. The van der Waals surface area contributed by atoms with Crippen LogP contribution in [0.4, 0.5) is 0 Å². The van der Waals surface area contributed by atoms with Crippen LogP contribution in [-0.4, -0.2) is 20.8 Å². The number of aromatic amines is 1. The first kappa shape index (κ1) is 11.7. The van der Waals surface area contributed by atoms with Gasteiger partial charge in [-0.3, -0.25) is 10.4 Å². The van der Waals surface area contributed by atoms with Crippen molar-refractivity contribution in [3.05, 3.63) is 35.4 Å². The lowest BCUT2D eigenvalue weighted by Crippen LogP contribution is -2.15. The van der Waals surface area contributed by atoms with Gasteiger partial charge in [-0.05, 0) is 19.9 Å². The number of nitrogens with two attached hydrogens (primary N) is 1. The highest BCUT2D eigenvalue weighted by atomic mass is 32.2. The van der Waals surface area contributed by atoms with Crippen LogP contribution in [0.2, 0.25) is 0 Å². The normalized spacial score (nSPS) is 10.5. The van der Waals surface area contributed by atoms with Gasteiger partial charge in [-0.25, -0.2) is 4.98 Å². The van der Waals surface area contributed by atoms with Gasteiger partial charge in [0.05, 0.1) is 5.56 Å². The Morgan fingerprint density at radius 2 is 2.24 bits per heavy atom. The van der Waals surface area contributed by atoms with E-state index in [2.05, 4.69) is 15.0 Å². The van der Waals surface area contributed by atoms with Gasteiger partial charge >= 0.3 is 0 Å². The van der Waals surface area contributed by atoms with Crippen molar-refractivity contribution in [1.82, 2.24) is 15.0 Å². The third kappa shape index (κ3) is 2.47. The third-order valence-corrected chi connectivity index (χ3v) is 3.20. The van der Waals surface area contributed by atoms with E-state index in [0.717, 1.165) is 21.4 Å². The Bertz CT molecular complexity index is 547. The number of hydrogen-bond donors (Lipinski definition) is 3. The zero-order valence-corrected chi connectivity index (χ0v) is 10.4. The quantitative estimate of drug-likeness (QED) is 0.570. The second-order valence-corrected chi connectivity index (χ2v) is 4.66. The lowest BCUT2D eigenvalue weighted by Gasteiger charge is -2.10. The van der Waals surface area contributed by atoms with Crippen molar-refractivity contribution in [2.75, 3.05) is 0 Å². The minimum absolute atomic E-state index is 0.0315. The van der Waals surface area contributed by atoms with Gasteiger partial charge in [0.25, 0.3) is 0 Å². The molecule has 2 aromatic rings. The van der Waals surface area contributed by atoms with Gasteiger partial charge in [-0.2, -0.15) is 0 Å². The van der Waals surface area contributed by atoms with E-state index < -0.39 is 0 Å². The SMILES string of the molecule is Cc1cc(Sc2ncc[nH]2)c(C(=N)N)c(C)n1. The number of H-pyrrole nitrogens is 1. The molecular formula is C11H13N5S. The molecule has 4 N–H and O–H groups in total. The molecule has 17 heavy (non-hydrogen) atoms. The molecule has 0 aliphatic carbocycles. The van der Waals surface area contributed by atoms with Gasteiger partial charge < -0.3 is 10.7 Å². The van der Waals surface area contributed by atoms with Crippen LogP contribution in [-0.2, 0) is 0 Å². The molecule has 0 unspecified atom stereocenters. The van der Waals surface area contributed by atoms with Crippen molar-refractivity contribution in [2.45, 2.75) is 23.9 Å². The maximum absolute atomic E-state index is 7.61. The summed E-state index contributed by atoms with van der Waals surface area (Å²) in [6, 6.07) is 1.91. The number of nitrogen functional groups attached to an aromatic ring is 1. The monoisotopic (exact) mass is 247 g/mol. The fourth-order valence-electron chi connectivity index (χ4n) is 1.61. The number of imidazole rings is 1. The number of hydrogen-bond acceptors (Lipinski definition) is 4. The fraction of sp³-hybridized carbons (Fsp3) is 0.182. The molecule has 0 aliphatic heterocycles. The number of pyridine rings is 1. The average Bonchev–Trinajstić information content (AvgIpc) is 2.68. The molecular weight excluding hydrogens is 234 g/mol. The lowest BCUT2D eigenvalue weighted by molar-refractivity contribution is 1.04. The summed E-state index contributed by atoms with van der Waals surface area (Å²) in [4.78, 5) is 12.4. The van der Waals surface area contributed by atoms with Crippen LogP contribution in [0.1, 0.15) is 17.0 Å². The lowest BCUT2D eigenvalue weighted by atomic mass is 10.1. The summed E-state index contributed by atoms with van der Waals surface area (Å²) >= 11 is 1.45. The maximum atomic E-state index is 7.61. The zero-order chi connectivity index (χ0) is 12.4. The molecule has 0 radical (unpaired) electrons. The molecule has 0 atom stereocenters. The van der Waals surface area contributed by atoms with Crippen LogP contribution in [0.25, 0.3) is 0 Å². The van der Waals surface area contributed by atoms with Crippen LogP contribution in [0.5, 0.6) is 0 Å². The zero-order valence-electron chi connectivity index (χ0n) is 9.61. The van der Waals surface area contributed by atoms with Gasteiger partial charge in [0.1, 0.15) is 5.84 Å². The molecule has 0 aromatic carbocycles. The van der Waals surface area contributed by atoms with Crippen molar-refractivity contribution < 1.29 is 0 Å². The standard InChI is InChI=1S/C11H13N5S/c1-6-5-8(17-11-14-3-4-15-11)9(10(12)13)7(2)16-6/h3-5H,1-2H3,(H3,12,13)(H,14,15). The molecule has 2 heterocycles. The second-order valence-electron chi connectivity index (χ2n) is 3.63. The summed E-state index contributed by atoms with van der Waals surface area (Å²) in [7, 11) is 0. The first-order valence-corrected chi connectivity index (χ1v) is 5.89. The maximum Gasteiger partial charge on any atom is 0.170 e. The molecule has 0 fully saturated rings. The number of nitrogens with one attached hydrogen (secondary N) is 2. The molecule has 2 rings (SSSR count). The van der Waals surface area contributed by atoms with Crippen molar-refractivity contribution in [3.63, 3.8) is 0 Å². The third-order valence-electron chi connectivity index (χ3n) is 2.24. The molecule has 2 aromatic heterocycles. The molecule has 6 heteroatoms. The summed E-state index contributed by atoms with van der Waals surface area (Å²) in [6.45, 7) is 3.78. The number of nitrogens with zero attached hydrogens (tertiary/aromatic N) is 2. The Morgan fingerprint density at radius 3 is 2.82 bits per heavy atom. The predicted molar refractivity (Wildman–Crippen MR) is 67.4 cm³/mol. The van der Waals surface area contributed by atoms with Gasteiger partial charge in [-0.15, -0.1) is 0 Å². The Balaban J connectivity index is 2.47. The molecule has 88 valence electrons. The van der Waals surface area contributed by atoms with Gasteiger partial charge in [0, 0.05) is 28.7 Å². The summed E-state index contributed by atoms with van der Waals surface area (Å²) in [5, 5.41) is 8.39. The second kappa shape index (κ2) is 4.58. The molecule has 0 saturated heterocycles. The van der Waals surface area contributed by atoms with Gasteiger partial charge in [0.2, 0.25) is 0 Å². The highest BCUT2D eigenvalue weighted by molar-refractivity contribution is 7.99. The molecule has 0 aliphatic rings. The number of amidine groups is 1. The van der Waals surface area contributed by atoms with Crippen LogP contribution in [0, 0.1) is 19.3 Å². The van der Waals surface area contributed by atoms with Gasteiger partial charge in [0.15, 0.2) is 5.16 Å². The largest absolute Gasteiger partial charge is 0.384 e. The Labute approximate surface area is 103 Å². The van der Waals surface area contributed by atoms with E-state index in [1.807, 2.05) is 19.9 Å². The van der Waals surface area contributed by atoms with Crippen LogP contribution < -0.4 is 5.73 Å². The van der Waals surface area contributed by atoms with Crippen molar-refractivity contribution >= 4 is 17.6 Å². The Hall–Kier alpha value is -1.82. The topological polar surface area (TPSA) is 91.4 Å². The van der Waals surface area contributed by atoms with E-state index in [1.54, 1.807) is 12.4 Å². The van der Waals surface area contributed by atoms with E-state index in [9.17, 15) is 0 Å². The first-order chi connectivity index (χ1) is 8.08. The number of aryl methyl sites for hydroxylation is 2. The minimum Gasteiger partial charge on any atom is -0.384 e. The predicted octanol–water partition coefficient (Wildman–Crippen LogP) is 1.86. The van der Waals surface area contributed by atoms with Crippen LogP contribution >= 0.6 is 11.8 Å². The average molecular weight is 247 g/mol. The van der Waals surface area contributed by atoms with E-state index in [0.29, 0.717) is 5.56 Å². The van der Waals surface area contributed by atoms with E-state index in [-0.39, 0.29) is 5.84 Å². The van der Waals surface area contributed by atoms with Crippen molar-refractivity contribution in [2.24, 2.45) is 5.73 Å². The summed E-state index contributed by atoms with van der Waals surface area (Å²) < 4.78 is 0. The van der Waals surface area contributed by atoms with E-state index in [4.69, 9.17) is 11.1 Å². The molecule has 0 saturated carbocycles. The molecule has 0 spiro atoms. The number of aromatic nitrogens is 3. The van der Waals surface area contributed by atoms with Gasteiger partial charge in [-0.1, -0.05) is 11.8 Å². The van der Waals surface area contributed by atoms with Crippen LogP contribution in [0.15, 0.2) is 28.5 Å². The first-order valence-electron chi connectivity index (χ1n) is 5.08. The summed E-state index contributed by atoms with van der Waals surface area (Å²) in [5.41, 5.74) is 7.95. The molecule has 0 bridgehead atoms. The van der Waals surface area contributed by atoms with Crippen LogP contribution in [0.3, 0.4) is 0 Å². The molecule has 0 amide bonds. The highest BCUT2D eigenvalue weighted by Gasteiger charge is 2.13. The summed E-state index contributed by atoms with van der Waals surface area (Å²) in [6.07, 6.45) is 3.45. The minimum atomic E-state index is 0.0315. The molecule has 5 nitrogen and oxygen atoms in total. The van der Waals surface area contributed by atoms with Crippen molar-refractivity contribution in [1.29, 1.82) is 5.41 Å². The number of rotatable bonds is 3. The highest BCUT2D eigenvalue weighted by Crippen LogP contribution is 2.29. The van der Waals surface area contributed by atoms with Crippen molar-refractivity contribution in [3.8, 4) is 0 Å². The fourth-order valence-corrected chi connectivity index (χ4v) is 2.65. The van der Waals surface area contributed by atoms with E-state index >= 15 is 0 Å². The Morgan fingerprint density at radius 1 is 1.47 bits per heavy atom. The van der Waals surface area contributed by atoms with E-state index in [1.165, 1.54) is 11.8 Å². The Kier molecular flexibility index (Phi) is 3.14. The smallest absolute Gasteiger partial charge is 0.170 e.